The molecule has 0 atom stereocenters. The van der Waals surface area contributed by atoms with Crippen LogP contribution in [-0.2, 0) is 4.74 Å². The van der Waals surface area contributed by atoms with Crippen molar-refractivity contribution in [2.24, 2.45) is 0 Å². The zero-order chi connectivity index (χ0) is 13.8. The molecule has 4 nitrogen and oxygen atoms in total. The Morgan fingerprint density at radius 3 is 2.72 bits per heavy atom. The number of aryl methyl sites for hydroxylation is 1. The summed E-state index contributed by atoms with van der Waals surface area (Å²) >= 11 is 0. The number of benzene rings is 1. The molecule has 4 heteroatoms. The SMILES string of the molecule is CCOC(C)(C)CNC(=O)c1cccc(C)c1N. The molecular formula is C14H22N2O2. The zero-order valence-corrected chi connectivity index (χ0v) is 11.5. The van der Waals surface area contributed by atoms with Crippen LogP contribution in [0.25, 0.3) is 0 Å². The van der Waals surface area contributed by atoms with Gasteiger partial charge in [0.15, 0.2) is 0 Å². The highest BCUT2D eigenvalue weighted by Crippen LogP contribution is 2.16. The molecule has 1 aromatic carbocycles. The Morgan fingerprint density at radius 2 is 2.11 bits per heavy atom. The first-order valence-electron chi connectivity index (χ1n) is 6.14. The fourth-order valence-electron chi connectivity index (χ4n) is 1.71. The lowest BCUT2D eigenvalue weighted by Gasteiger charge is -2.25. The molecule has 3 N–H and O–H groups in total. The van der Waals surface area contributed by atoms with E-state index in [0.717, 1.165) is 5.56 Å². The molecule has 0 bridgehead atoms. The highest BCUT2D eigenvalue weighted by Gasteiger charge is 2.19. The van der Waals surface area contributed by atoms with Crippen LogP contribution >= 0.6 is 0 Å². The molecule has 100 valence electrons. The van der Waals surface area contributed by atoms with Crippen LogP contribution in [0.3, 0.4) is 0 Å². The average molecular weight is 250 g/mol. The molecule has 0 aliphatic heterocycles. The van der Waals surface area contributed by atoms with Crippen molar-refractivity contribution < 1.29 is 9.53 Å². The van der Waals surface area contributed by atoms with Crippen molar-refractivity contribution in [1.29, 1.82) is 0 Å². The van der Waals surface area contributed by atoms with Crippen LogP contribution in [0.5, 0.6) is 0 Å². The Kier molecular flexibility index (Phi) is 4.73. The van der Waals surface area contributed by atoms with Crippen LogP contribution < -0.4 is 11.1 Å². The van der Waals surface area contributed by atoms with Crippen LogP contribution in [0, 0.1) is 6.92 Å². The summed E-state index contributed by atoms with van der Waals surface area (Å²) in [4.78, 5) is 12.0. The Hall–Kier alpha value is -1.55. The van der Waals surface area contributed by atoms with E-state index in [4.69, 9.17) is 10.5 Å². The van der Waals surface area contributed by atoms with Crippen molar-refractivity contribution in [3.05, 3.63) is 29.3 Å². The molecule has 0 aromatic heterocycles. The minimum atomic E-state index is -0.372. The van der Waals surface area contributed by atoms with E-state index >= 15 is 0 Å². The maximum absolute atomic E-state index is 12.0. The first kappa shape index (κ1) is 14.5. The molecule has 0 spiro atoms. The van der Waals surface area contributed by atoms with Gasteiger partial charge in [-0.1, -0.05) is 12.1 Å². The van der Waals surface area contributed by atoms with Gasteiger partial charge in [0.1, 0.15) is 0 Å². The summed E-state index contributed by atoms with van der Waals surface area (Å²) in [7, 11) is 0. The maximum Gasteiger partial charge on any atom is 0.253 e. The van der Waals surface area contributed by atoms with E-state index in [1.807, 2.05) is 39.8 Å². The quantitative estimate of drug-likeness (QED) is 0.787. The highest BCUT2D eigenvalue weighted by molar-refractivity contribution is 5.99. The van der Waals surface area contributed by atoms with Crippen LogP contribution in [0.15, 0.2) is 18.2 Å². The maximum atomic E-state index is 12.0. The van der Waals surface area contributed by atoms with Gasteiger partial charge in [-0.2, -0.15) is 0 Å². The third-order valence-electron chi connectivity index (χ3n) is 2.78. The van der Waals surface area contributed by atoms with Gasteiger partial charge >= 0.3 is 0 Å². The fourth-order valence-corrected chi connectivity index (χ4v) is 1.71. The van der Waals surface area contributed by atoms with Gasteiger partial charge in [0.05, 0.1) is 11.2 Å². The normalized spacial score (nSPS) is 11.3. The lowest BCUT2D eigenvalue weighted by atomic mass is 10.1. The van der Waals surface area contributed by atoms with Crippen LogP contribution in [0.2, 0.25) is 0 Å². The van der Waals surface area contributed by atoms with Crippen molar-refractivity contribution in [3.63, 3.8) is 0 Å². The average Bonchev–Trinajstić information content (AvgIpc) is 2.30. The molecule has 0 heterocycles. The summed E-state index contributed by atoms with van der Waals surface area (Å²) in [6.07, 6.45) is 0. The Bertz CT molecular complexity index is 428. The first-order valence-corrected chi connectivity index (χ1v) is 6.14. The monoisotopic (exact) mass is 250 g/mol. The summed E-state index contributed by atoms with van der Waals surface area (Å²) in [5, 5.41) is 2.85. The third kappa shape index (κ3) is 3.74. The van der Waals surface area contributed by atoms with Gasteiger partial charge in [-0.05, 0) is 39.3 Å². The lowest BCUT2D eigenvalue weighted by Crippen LogP contribution is -2.40. The summed E-state index contributed by atoms with van der Waals surface area (Å²) in [6.45, 7) is 8.77. The van der Waals surface area contributed by atoms with E-state index < -0.39 is 0 Å². The number of nitrogen functional groups attached to an aromatic ring is 1. The van der Waals surface area contributed by atoms with E-state index in [2.05, 4.69) is 5.32 Å². The van der Waals surface area contributed by atoms with Crippen LogP contribution in [0.4, 0.5) is 5.69 Å². The number of nitrogens with one attached hydrogen (secondary N) is 1. The molecule has 0 radical (unpaired) electrons. The van der Waals surface area contributed by atoms with Crippen molar-refractivity contribution >= 4 is 11.6 Å². The fraction of sp³-hybridized carbons (Fsp3) is 0.500. The number of ether oxygens (including phenoxy) is 1. The van der Waals surface area contributed by atoms with E-state index in [1.165, 1.54) is 0 Å². The Balaban J connectivity index is 2.69. The number of hydrogen-bond donors (Lipinski definition) is 2. The number of nitrogens with two attached hydrogens (primary N) is 1. The van der Waals surface area contributed by atoms with Gasteiger partial charge in [-0.3, -0.25) is 4.79 Å². The second-order valence-corrected chi connectivity index (χ2v) is 4.91. The summed E-state index contributed by atoms with van der Waals surface area (Å²) in [5.74, 6) is -0.163. The van der Waals surface area contributed by atoms with Gasteiger partial charge in [-0.25, -0.2) is 0 Å². The molecule has 1 aromatic rings. The van der Waals surface area contributed by atoms with Crippen molar-refractivity contribution in [2.45, 2.75) is 33.3 Å². The standard InChI is InChI=1S/C14H22N2O2/c1-5-18-14(3,4)9-16-13(17)11-8-6-7-10(2)12(11)15/h6-8H,5,9,15H2,1-4H3,(H,16,17). The van der Waals surface area contributed by atoms with Crippen molar-refractivity contribution in [3.8, 4) is 0 Å². The minimum Gasteiger partial charge on any atom is -0.398 e. The largest absolute Gasteiger partial charge is 0.398 e. The Morgan fingerprint density at radius 1 is 1.44 bits per heavy atom. The van der Waals surface area contributed by atoms with Crippen LogP contribution in [-0.4, -0.2) is 24.7 Å². The molecule has 0 aliphatic carbocycles. The minimum absolute atomic E-state index is 0.163. The molecule has 0 saturated heterocycles. The van der Waals surface area contributed by atoms with Gasteiger partial charge in [0.25, 0.3) is 5.91 Å². The molecule has 0 fully saturated rings. The smallest absolute Gasteiger partial charge is 0.253 e. The molecule has 1 amide bonds. The predicted octanol–water partition coefficient (Wildman–Crippen LogP) is 2.12. The number of anilines is 1. The van der Waals surface area contributed by atoms with Gasteiger partial charge < -0.3 is 15.8 Å². The lowest BCUT2D eigenvalue weighted by molar-refractivity contribution is -0.00814. The van der Waals surface area contributed by atoms with Crippen molar-refractivity contribution in [2.75, 3.05) is 18.9 Å². The predicted molar refractivity (Wildman–Crippen MR) is 73.6 cm³/mol. The third-order valence-corrected chi connectivity index (χ3v) is 2.78. The molecule has 1 rings (SSSR count). The molecule has 18 heavy (non-hydrogen) atoms. The molecule has 0 unspecified atom stereocenters. The van der Waals surface area contributed by atoms with Gasteiger partial charge in [0.2, 0.25) is 0 Å². The van der Waals surface area contributed by atoms with E-state index in [0.29, 0.717) is 24.4 Å². The number of carbonyl (C=O) groups is 1. The second kappa shape index (κ2) is 5.87. The molecule has 0 aliphatic rings. The number of rotatable bonds is 5. The van der Waals surface area contributed by atoms with Gasteiger partial charge in [0, 0.05) is 18.8 Å². The summed E-state index contributed by atoms with van der Waals surface area (Å²) in [5.41, 5.74) is 7.47. The topological polar surface area (TPSA) is 64.3 Å². The highest BCUT2D eigenvalue weighted by atomic mass is 16.5. The van der Waals surface area contributed by atoms with E-state index in [1.54, 1.807) is 6.07 Å². The molecular weight excluding hydrogens is 228 g/mol. The van der Waals surface area contributed by atoms with E-state index in [-0.39, 0.29) is 11.5 Å². The number of para-hydroxylation sites is 1. The van der Waals surface area contributed by atoms with Crippen molar-refractivity contribution in [1.82, 2.24) is 5.32 Å². The zero-order valence-electron chi connectivity index (χ0n) is 11.5. The summed E-state index contributed by atoms with van der Waals surface area (Å²) < 4.78 is 5.52. The van der Waals surface area contributed by atoms with Crippen LogP contribution in [0.1, 0.15) is 36.7 Å². The first-order chi connectivity index (χ1) is 8.37. The number of amides is 1. The Labute approximate surface area is 109 Å². The number of carbonyl (C=O) groups excluding carboxylic acids is 1. The second-order valence-electron chi connectivity index (χ2n) is 4.91. The summed E-state index contributed by atoms with van der Waals surface area (Å²) in [6, 6.07) is 5.44. The molecule has 0 saturated carbocycles. The van der Waals surface area contributed by atoms with Gasteiger partial charge in [-0.15, -0.1) is 0 Å². The number of hydrogen-bond acceptors (Lipinski definition) is 3. The van der Waals surface area contributed by atoms with E-state index in [9.17, 15) is 4.79 Å².